The van der Waals surface area contributed by atoms with Crippen LogP contribution in [0, 0.1) is 6.92 Å². The van der Waals surface area contributed by atoms with E-state index >= 15 is 0 Å². The molecule has 0 spiro atoms. The van der Waals surface area contributed by atoms with Gasteiger partial charge in [0.05, 0.1) is 12.6 Å². The van der Waals surface area contributed by atoms with Crippen molar-refractivity contribution in [2.24, 2.45) is 0 Å². The van der Waals surface area contributed by atoms with Gasteiger partial charge < -0.3 is 20.5 Å². The highest BCUT2D eigenvalue weighted by molar-refractivity contribution is 5.91. The molecule has 1 aliphatic rings. The number of aliphatic hydroxyl groups excluding tert-OH is 1. The van der Waals surface area contributed by atoms with Crippen molar-refractivity contribution >= 4 is 17.3 Å². The second-order valence-corrected chi connectivity index (χ2v) is 6.02. The SMILES string of the molecule is Cc1ccc2c(c1)OCCCC2Nc1cccc(NC(=O)CO)c1. The Morgan fingerprint density at radius 2 is 2.08 bits per heavy atom. The number of aliphatic hydroxyl groups is 1. The van der Waals surface area contributed by atoms with Crippen LogP contribution in [0.2, 0.25) is 0 Å². The van der Waals surface area contributed by atoms with E-state index in [-0.39, 0.29) is 6.04 Å². The molecule has 0 aliphatic carbocycles. The normalized spacial score (nSPS) is 16.5. The molecule has 3 rings (SSSR count). The molecule has 5 heteroatoms. The molecule has 5 nitrogen and oxygen atoms in total. The van der Waals surface area contributed by atoms with Gasteiger partial charge in [-0.15, -0.1) is 0 Å². The van der Waals surface area contributed by atoms with Gasteiger partial charge in [0, 0.05) is 16.9 Å². The van der Waals surface area contributed by atoms with Gasteiger partial charge in [-0.05, 0) is 49.6 Å². The molecule has 3 N–H and O–H groups in total. The summed E-state index contributed by atoms with van der Waals surface area (Å²) in [4.78, 5) is 11.3. The van der Waals surface area contributed by atoms with Gasteiger partial charge >= 0.3 is 0 Å². The molecule has 0 saturated carbocycles. The van der Waals surface area contributed by atoms with Gasteiger partial charge in [0.25, 0.3) is 0 Å². The molecule has 0 fully saturated rings. The minimum absolute atomic E-state index is 0.159. The smallest absolute Gasteiger partial charge is 0.250 e. The van der Waals surface area contributed by atoms with E-state index < -0.39 is 12.5 Å². The Morgan fingerprint density at radius 1 is 1.25 bits per heavy atom. The first-order valence-corrected chi connectivity index (χ1v) is 8.16. The maximum absolute atomic E-state index is 11.3. The topological polar surface area (TPSA) is 70.6 Å². The summed E-state index contributed by atoms with van der Waals surface area (Å²) >= 11 is 0. The zero-order valence-corrected chi connectivity index (χ0v) is 13.7. The van der Waals surface area contributed by atoms with Crippen LogP contribution in [0.1, 0.15) is 30.0 Å². The highest BCUT2D eigenvalue weighted by Crippen LogP contribution is 2.34. The van der Waals surface area contributed by atoms with Crippen LogP contribution in [0.5, 0.6) is 5.75 Å². The van der Waals surface area contributed by atoms with E-state index in [2.05, 4.69) is 35.8 Å². The van der Waals surface area contributed by atoms with E-state index in [4.69, 9.17) is 9.84 Å². The molecule has 1 amide bonds. The predicted octanol–water partition coefficient (Wildman–Crippen LogP) is 3.25. The number of amides is 1. The molecule has 24 heavy (non-hydrogen) atoms. The lowest BCUT2D eigenvalue weighted by molar-refractivity contribution is -0.118. The van der Waals surface area contributed by atoms with Gasteiger partial charge in [-0.2, -0.15) is 0 Å². The molecule has 1 atom stereocenters. The molecule has 1 heterocycles. The molecular weight excluding hydrogens is 304 g/mol. The second kappa shape index (κ2) is 7.36. The third-order valence-corrected chi connectivity index (χ3v) is 4.07. The van der Waals surface area contributed by atoms with E-state index in [1.165, 1.54) is 5.56 Å². The molecular formula is C19H22N2O3. The number of benzene rings is 2. The highest BCUT2D eigenvalue weighted by Gasteiger charge is 2.19. The quantitative estimate of drug-likeness (QED) is 0.806. The molecule has 2 aromatic carbocycles. The first kappa shape index (κ1) is 16.3. The molecule has 0 radical (unpaired) electrons. The van der Waals surface area contributed by atoms with Crippen LogP contribution < -0.4 is 15.4 Å². The van der Waals surface area contributed by atoms with E-state index in [9.17, 15) is 4.79 Å². The van der Waals surface area contributed by atoms with Crippen LogP contribution in [0.15, 0.2) is 42.5 Å². The number of hydrogen-bond donors (Lipinski definition) is 3. The van der Waals surface area contributed by atoms with Crippen molar-refractivity contribution in [3.63, 3.8) is 0 Å². The molecule has 0 bridgehead atoms. The molecule has 2 aromatic rings. The van der Waals surface area contributed by atoms with E-state index in [1.807, 2.05) is 18.2 Å². The minimum atomic E-state index is -0.523. The van der Waals surface area contributed by atoms with Crippen LogP contribution in [0.25, 0.3) is 0 Å². The molecule has 0 saturated heterocycles. The van der Waals surface area contributed by atoms with Crippen molar-refractivity contribution in [1.82, 2.24) is 0 Å². The van der Waals surface area contributed by atoms with Gasteiger partial charge in [0.2, 0.25) is 5.91 Å². The molecule has 1 aliphatic heterocycles. The Balaban J connectivity index is 1.81. The number of aryl methyl sites for hydroxylation is 1. The van der Waals surface area contributed by atoms with Crippen LogP contribution in [-0.2, 0) is 4.79 Å². The van der Waals surface area contributed by atoms with Crippen LogP contribution in [0.3, 0.4) is 0 Å². The average molecular weight is 326 g/mol. The fraction of sp³-hybridized carbons (Fsp3) is 0.316. The lowest BCUT2D eigenvalue weighted by Crippen LogP contribution is -2.15. The monoisotopic (exact) mass is 326 g/mol. The molecule has 1 unspecified atom stereocenters. The lowest BCUT2D eigenvalue weighted by Gasteiger charge is -2.20. The van der Waals surface area contributed by atoms with Crippen molar-refractivity contribution in [2.45, 2.75) is 25.8 Å². The Hall–Kier alpha value is -2.53. The zero-order chi connectivity index (χ0) is 16.9. The summed E-state index contributed by atoms with van der Waals surface area (Å²) in [6.45, 7) is 2.26. The Bertz CT molecular complexity index is 730. The number of carbonyl (C=O) groups is 1. The minimum Gasteiger partial charge on any atom is -0.493 e. The van der Waals surface area contributed by atoms with Crippen LogP contribution in [-0.4, -0.2) is 24.2 Å². The maximum atomic E-state index is 11.3. The number of fused-ring (bicyclic) bond motifs is 1. The zero-order valence-electron chi connectivity index (χ0n) is 13.7. The summed E-state index contributed by atoms with van der Waals surface area (Å²) in [7, 11) is 0. The summed E-state index contributed by atoms with van der Waals surface area (Å²) < 4.78 is 5.86. The van der Waals surface area contributed by atoms with Gasteiger partial charge in [0.1, 0.15) is 12.4 Å². The summed E-state index contributed by atoms with van der Waals surface area (Å²) in [5.74, 6) is 0.519. The number of anilines is 2. The number of carbonyl (C=O) groups excluding carboxylic acids is 1. The van der Waals surface area contributed by atoms with E-state index in [0.717, 1.165) is 36.4 Å². The Morgan fingerprint density at radius 3 is 2.92 bits per heavy atom. The van der Waals surface area contributed by atoms with Crippen LogP contribution >= 0.6 is 0 Å². The number of hydrogen-bond acceptors (Lipinski definition) is 4. The first-order valence-electron chi connectivity index (χ1n) is 8.16. The largest absolute Gasteiger partial charge is 0.493 e. The number of nitrogens with one attached hydrogen (secondary N) is 2. The molecule has 0 aromatic heterocycles. The second-order valence-electron chi connectivity index (χ2n) is 6.02. The molecule has 126 valence electrons. The Labute approximate surface area is 141 Å². The number of rotatable bonds is 4. The van der Waals surface area contributed by atoms with Crippen molar-refractivity contribution in [3.8, 4) is 5.75 Å². The van der Waals surface area contributed by atoms with Gasteiger partial charge in [-0.25, -0.2) is 0 Å². The summed E-state index contributed by atoms with van der Waals surface area (Å²) in [5, 5.41) is 15.0. The van der Waals surface area contributed by atoms with Crippen molar-refractivity contribution in [3.05, 3.63) is 53.6 Å². The number of ether oxygens (including phenoxy) is 1. The third-order valence-electron chi connectivity index (χ3n) is 4.07. The van der Waals surface area contributed by atoms with E-state index in [0.29, 0.717) is 5.69 Å². The fourth-order valence-corrected chi connectivity index (χ4v) is 2.92. The highest BCUT2D eigenvalue weighted by atomic mass is 16.5. The third kappa shape index (κ3) is 3.86. The Kier molecular flexibility index (Phi) is 5.01. The lowest BCUT2D eigenvalue weighted by atomic mass is 10.0. The van der Waals surface area contributed by atoms with Crippen LogP contribution in [0.4, 0.5) is 11.4 Å². The van der Waals surface area contributed by atoms with E-state index in [1.54, 1.807) is 6.07 Å². The maximum Gasteiger partial charge on any atom is 0.250 e. The van der Waals surface area contributed by atoms with Crippen molar-refractivity contribution < 1.29 is 14.6 Å². The summed E-state index contributed by atoms with van der Waals surface area (Å²) in [6, 6.07) is 14.0. The van der Waals surface area contributed by atoms with Gasteiger partial charge in [-0.3, -0.25) is 4.79 Å². The van der Waals surface area contributed by atoms with Gasteiger partial charge in [-0.1, -0.05) is 18.2 Å². The van der Waals surface area contributed by atoms with Gasteiger partial charge in [0.15, 0.2) is 0 Å². The first-order chi connectivity index (χ1) is 11.7. The predicted molar refractivity (Wildman–Crippen MR) is 94.4 cm³/mol. The van der Waals surface area contributed by atoms with Crippen molar-refractivity contribution in [1.29, 1.82) is 0 Å². The summed E-state index contributed by atoms with van der Waals surface area (Å²) in [6.07, 6.45) is 1.95. The standard InChI is InChI=1S/C19H22N2O3/c1-13-7-8-16-17(6-3-9-24-18(16)10-13)20-14-4-2-5-15(11-14)21-19(23)12-22/h2,4-5,7-8,10-11,17,20,22H,3,6,9,12H2,1H3,(H,21,23). The summed E-state index contributed by atoms with van der Waals surface area (Å²) in [5.41, 5.74) is 3.92. The van der Waals surface area contributed by atoms with Crippen molar-refractivity contribution in [2.75, 3.05) is 23.8 Å². The fourth-order valence-electron chi connectivity index (χ4n) is 2.92. The average Bonchev–Trinajstić information content (AvgIpc) is 2.77.